The number of aldehydes is 1. The number of aryl methyl sites for hydroxylation is 1. The van der Waals surface area contributed by atoms with Crippen LogP contribution in [0.4, 0.5) is 0 Å². The number of hydrogen-bond donors (Lipinski definition) is 1. The van der Waals surface area contributed by atoms with E-state index in [0.717, 1.165) is 18.3 Å². The molecule has 0 saturated carbocycles. The second-order valence-electron chi connectivity index (χ2n) is 3.56. The van der Waals surface area contributed by atoms with Crippen LogP contribution in [0, 0.1) is 0 Å². The fourth-order valence-electron chi connectivity index (χ4n) is 2.02. The Morgan fingerprint density at radius 3 is 3.00 bits per heavy atom. The lowest BCUT2D eigenvalue weighted by atomic mass is 9.93. The first-order valence-corrected chi connectivity index (χ1v) is 4.51. The summed E-state index contributed by atoms with van der Waals surface area (Å²) in [4.78, 5) is 10.4. The van der Waals surface area contributed by atoms with Gasteiger partial charge in [-0.3, -0.25) is 0 Å². The molecule has 0 spiro atoms. The highest BCUT2D eigenvalue weighted by Crippen LogP contribution is 2.38. The fourth-order valence-corrected chi connectivity index (χ4v) is 2.02. The zero-order chi connectivity index (χ0) is 9.31. The van der Waals surface area contributed by atoms with E-state index in [2.05, 4.69) is 0 Å². The van der Waals surface area contributed by atoms with Gasteiger partial charge in [-0.1, -0.05) is 24.3 Å². The van der Waals surface area contributed by atoms with Gasteiger partial charge in [0.05, 0.1) is 5.60 Å². The number of hydrogen-bond acceptors (Lipinski definition) is 2. The second-order valence-corrected chi connectivity index (χ2v) is 3.56. The molecular formula is C11H12O2. The highest BCUT2D eigenvalue weighted by Gasteiger charge is 2.35. The summed E-state index contributed by atoms with van der Waals surface area (Å²) >= 11 is 0. The molecule has 0 radical (unpaired) electrons. The van der Waals surface area contributed by atoms with E-state index in [1.807, 2.05) is 24.3 Å². The van der Waals surface area contributed by atoms with Gasteiger partial charge in [0.15, 0.2) is 0 Å². The van der Waals surface area contributed by atoms with Gasteiger partial charge in [-0.2, -0.15) is 0 Å². The van der Waals surface area contributed by atoms with Crippen molar-refractivity contribution in [3.63, 3.8) is 0 Å². The average molecular weight is 176 g/mol. The summed E-state index contributed by atoms with van der Waals surface area (Å²) in [5.41, 5.74) is 1.21. The maximum absolute atomic E-state index is 10.4. The first-order valence-electron chi connectivity index (χ1n) is 4.51. The van der Waals surface area contributed by atoms with Crippen molar-refractivity contribution in [3.05, 3.63) is 35.4 Å². The molecule has 2 heteroatoms. The van der Waals surface area contributed by atoms with Crippen molar-refractivity contribution in [2.75, 3.05) is 0 Å². The summed E-state index contributed by atoms with van der Waals surface area (Å²) in [7, 11) is 0. The van der Waals surface area contributed by atoms with Gasteiger partial charge in [-0.15, -0.1) is 0 Å². The molecule has 68 valence electrons. The van der Waals surface area contributed by atoms with Gasteiger partial charge in [0, 0.05) is 6.42 Å². The molecule has 0 saturated heterocycles. The maximum atomic E-state index is 10.4. The van der Waals surface area contributed by atoms with E-state index in [9.17, 15) is 9.90 Å². The highest BCUT2D eigenvalue weighted by molar-refractivity contribution is 5.54. The summed E-state index contributed by atoms with van der Waals surface area (Å²) in [5.74, 6) is 0. The van der Waals surface area contributed by atoms with Crippen molar-refractivity contribution in [1.82, 2.24) is 0 Å². The van der Waals surface area contributed by atoms with E-state index in [-0.39, 0.29) is 6.42 Å². The number of benzene rings is 1. The molecule has 0 aliphatic heterocycles. The largest absolute Gasteiger partial charge is 0.385 e. The van der Waals surface area contributed by atoms with Crippen LogP contribution < -0.4 is 0 Å². The highest BCUT2D eigenvalue weighted by atomic mass is 16.3. The van der Waals surface area contributed by atoms with Gasteiger partial charge >= 0.3 is 0 Å². The summed E-state index contributed by atoms with van der Waals surface area (Å²) in [6.45, 7) is 0. The Kier molecular flexibility index (Phi) is 1.93. The molecule has 0 fully saturated rings. The number of aliphatic hydroxyl groups is 1. The van der Waals surface area contributed by atoms with Crippen molar-refractivity contribution in [1.29, 1.82) is 0 Å². The SMILES string of the molecule is O=CCC1(O)CCc2ccccc21. The molecule has 1 aliphatic rings. The molecule has 13 heavy (non-hydrogen) atoms. The standard InChI is InChI=1S/C11H12O2/c12-8-7-11(13)6-5-9-3-1-2-4-10(9)11/h1-4,8,13H,5-7H2. The van der Waals surface area contributed by atoms with E-state index in [1.165, 1.54) is 5.56 Å². The third-order valence-electron chi connectivity index (χ3n) is 2.75. The monoisotopic (exact) mass is 176 g/mol. The molecule has 0 amide bonds. The average Bonchev–Trinajstić information content (AvgIpc) is 2.46. The molecule has 1 aromatic carbocycles. The van der Waals surface area contributed by atoms with Gasteiger partial charge in [0.1, 0.15) is 6.29 Å². The van der Waals surface area contributed by atoms with E-state index in [1.54, 1.807) is 0 Å². The minimum absolute atomic E-state index is 0.212. The first kappa shape index (κ1) is 8.45. The van der Waals surface area contributed by atoms with Crippen LogP contribution in [-0.2, 0) is 16.8 Å². The van der Waals surface area contributed by atoms with Crippen molar-refractivity contribution < 1.29 is 9.90 Å². The molecule has 1 aliphatic carbocycles. The Morgan fingerprint density at radius 1 is 1.46 bits per heavy atom. The Bertz CT molecular complexity index is 333. The van der Waals surface area contributed by atoms with Crippen molar-refractivity contribution in [2.45, 2.75) is 24.9 Å². The van der Waals surface area contributed by atoms with Gasteiger partial charge < -0.3 is 9.90 Å². The lowest BCUT2D eigenvalue weighted by Gasteiger charge is -2.20. The summed E-state index contributed by atoms with van der Waals surface area (Å²) < 4.78 is 0. The van der Waals surface area contributed by atoms with Crippen LogP contribution in [0.2, 0.25) is 0 Å². The molecular weight excluding hydrogens is 164 g/mol. The number of rotatable bonds is 2. The van der Waals surface area contributed by atoms with E-state index in [0.29, 0.717) is 6.42 Å². The third kappa shape index (κ3) is 1.27. The maximum Gasteiger partial charge on any atom is 0.123 e. The fraction of sp³-hybridized carbons (Fsp3) is 0.364. The molecule has 0 aromatic heterocycles. The topological polar surface area (TPSA) is 37.3 Å². The van der Waals surface area contributed by atoms with Gasteiger partial charge in [0.2, 0.25) is 0 Å². The third-order valence-corrected chi connectivity index (χ3v) is 2.75. The second kappa shape index (κ2) is 2.96. The van der Waals surface area contributed by atoms with Crippen LogP contribution in [0.3, 0.4) is 0 Å². The van der Waals surface area contributed by atoms with Crippen LogP contribution in [0.1, 0.15) is 24.0 Å². The first-order chi connectivity index (χ1) is 6.26. The van der Waals surface area contributed by atoms with Gasteiger partial charge in [-0.25, -0.2) is 0 Å². The summed E-state index contributed by atoms with van der Waals surface area (Å²) in [5, 5.41) is 10.1. The normalized spacial score (nSPS) is 25.6. The van der Waals surface area contributed by atoms with Crippen LogP contribution in [0.5, 0.6) is 0 Å². The Labute approximate surface area is 77.2 Å². The molecule has 0 bridgehead atoms. The molecule has 0 heterocycles. The van der Waals surface area contributed by atoms with Crippen LogP contribution in [0.25, 0.3) is 0 Å². The predicted molar refractivity (Wildman–Crippen MR) is 49.3 cm³/mol. The number of carbonyl (C=O) groups excluding carboxylic acids is 1. The van der Waals surface area contributed by atoms with Crippen LogP contribution in [-0.4, -0.2) is 11.4 Å². The van der Waals surface area contributed by atoms with Crippen LogP contribution in [0.15, 0.2) is 24.3 Å². The lowest BCUT2D eigenvalue weighted by molar-refractivity contribution is -0.112. The molecule has 1 aromatic rings. The van der Waals surface area contributed by atoms with E-state index in [4.69, 9.17) is 0 Å². The molecule has 1 atom stereocenters. The Morgan fingerprint density at radius 2 is 2.23 bits per heavy atom. The number of carbonyl (C=O) groups is 1. The summed E-state index contributed by atoms with van der Waals surface area (Å²) in [6.07, 6.45) is 2.55. The zero-order valence-electron chi connectivity index (χ0n) is 7.36. The molecule has 2 rings (SSSR count). The van der Waals surface area contributed by atoms with Crippen molar-refractivity contribution >= 4 is 6.29 Å². The quantitative estimate of drug-likeness (QED) is 0.692. The summed E-state index contributed by atoms with van der Waals surface area (Å²) in [6, 6.07) is 7.79. The predicted octanol–water partition coefficient (Wildman–Crippen LogP) is 1.41. The van der Waals surface area contributed by atoms with E-state index >= 15 is 0 Å². The zero-order valence-corrected chi connectivity index (χ0v) is 7.36. The minimum Gasteiger partial charge on any atom is -0.385 e. The van der Waals surface area contributed by atoms with Crippen LogP contribution >= 0.6 is 0 Å². The smallest absolute Gasteiger partial charge is 0.123 e. The van der Waals surface area contributed by atoms with E-state index < -0.39 is 5.60 Å². The molecule has 2 nitrogen and oxygen atoms in total. The van der Waals surface area contributed by atoms with Gasteiger partial charge in [0.25, 0.3) is 0 Å². The lowest BCUT2D eigenvalue weighted by Crippen LogP contribution is -2.22. The Hall–Kier alpha value is -1.15. The molecule has 1 unspecified atom stereocenters. The minimum atomic E-state index is -0.891. The van der Waals surface area contributed by atoms with Gasteiger partial charge in [-0.05, 0) is 24.0 Å². The Balaban J connectivity index is 2.42. The van der Waals surface area contributed by atoms with Crippen molar-refractivity contribution in [3.8, 4) is 0 Å². The van der Waals surface area contributed by atoms with Crippen molar-refractivity contribution in [2.24, 2.45) is 0 Å². The number of fused-ring (bicyclic) bond motifs is 1. The molecule has 1 N–H and O–H groups in total.